The van der Waals surface area contributed by atoms with Crippen molar-refractivity contribution < 1.29 is 14.3 Å². The SMILES string of the molecule is CCC(C(=O)NNC(=O)c1csc(N2CCOCC2)n1)c1ccccc1. The lowest BCUT2D eigenvalue weighted by Gasteiger charge is -2.25. The van der Waals surface area contributed by atoms with Crippen molar-refractivity contribution in [1.82, 2.24) is 15.8 Å². The van der Waals surface area contributed by atoms with Gasteiger partial charge in [-0.25, -0.2) is 4.98 Å². The topological polar surface area (TPSA) is 83.6 Å². The van der Waals surface area contributed by atoms with Crippen molar-refractivity contribution in [3.05, 3.63) is 47.0 Å². The molecule has 2 aromatic rings. The van der Waals surface area contributed by atoms with Gasteiger partial charge >= 0.3 is 0 Å². The zero-order chi connectivity index (χ0) is 18.4. The zero-order valence-electron chi connectivity index (χ0n) is 14.6. The molecule has 7 nitrogen and oxygen atoms in total. The smallest absolute Gasteiger partial charge is 0.289 e. The summed E-state index contributed by atoms with van der Waals surface area (Å²) in [7, 11) is 0. The molecule has 1 saturated heterocycles. The Kier molecular flexibility index (Phi) is 6.19. The van der Waals surface area contributed by atoms with Crippen LogP contribution in [0.25, 0.3) is 0 Å². The first-order valence-corrected chi connectivity index (χ1v) is 9.50. The highest BCUT2D eigenvalue weighted by Crippen LogP contribution is 2.21. The summed E-state index contributed by atoms with van der Waals surface area (Å²) in [5, 5.41) is 2.49. The molecule has 138 valence electrons. The number of hydrazine groups is 1. The molecule has 8 heteroatoms. The van der Waals surface area contributed by atoms with Gasteiger partial charge in [0, 0.05) is 18.5 Å². The van der Waals surface area contributed by atoms with Crippen molar-refractivity contribution in [3.63, 3.8) is 0 Å². The molecule has 2 heterocycles. The van der Waals surface area contributed by atoms with Crippen LogP contribution in [0.4, 0.5) is 5.13 Å². The molecule has 2 N–H and O–H groups in total. The number of hydrogen-bond acceptors (Lipinski definition) is 6. The van der Waals surface area contributed by atoms with E-state index in [1.165, 1.54) is 11.3 Å². The number of carbonyl (C=O) groups excluding carboxylic acids is 2. The maximum absolute atomic E-state index is 12.4. The number of carbonyl (C=O) groups is 2. The minimum Gasteiger partial charge on any atom is -0.378 e. The second-order valence-corrected chi connectivity index (χ2v) is 6.77. The molecule has 1 aromatic heterocycles. The minimum atomic E-state index is -0.419. The third-order valence-electron chi connectivity index (χ3n) is 4.23. The largest absolute Gasteiger partial charge is 0.378 e. The summed E-state index contributed by atoms with van der Waals surface area (Å²) in [5.74, 6) is -0.969. The third kappa shape index (κ3) is 4.39. The fourth-order valence-corrected chi connectivity index (χ4v) is 3.66. The standard InChI is InChI=1S/C18H22N4O3S/c1-2-14(13-6-4-3-5-7-13)16(23)20-21-17(24)15-12-26-18(19-15)22-8-10-25-11-9-22/h3-7,12,14H,2,8-11H2,1H3,(H,20,23)(H,21,24). The van der Waals surface area contributed by atoms with Gasteiger partial charge in [0.05, 0.1) is 19.1 Å². The number of nitrogens with zero attached hydrogens (tertiary/aromatic N) is 2. The van der Waals surface area contributed by atoms with E-state index < -0.39 is 5.91 Å². The molecule has 1 fully saturated rings. The number of hydrogen-bond donors (Lipinski definition) is 2. The summed E-state index contributed by atoms with van der Waals surface area (Å²) in [6, 6.07) is 9.51. The normalized spacial score (nSPS) is 15.3. The van der Waals surface area contributed by atoms with Gasteiger partial charge in [-0.3, -0.25) is 20.4 Å². The first kappa shape index (κ1) is 18.3. The summed E-state index contributed by atoms with van der Waals surface area (Å²) in [4.78, 5) is 31.1. The van der Waals surface area contributed by atoms with E-state index in [2.05, 4.69) is 20.7 Å². The van der Waals surface area contributed by atoms with Crippen LogP contribution in [-0.4, -0.2) is 43.1 Å². The summed E-state index contributed by atoms with van der Waals surface area (Å²) in [6.07, 6.45) is 0.642. The van der Waals surface area contributed by atoms with Gasteiger partial charge in [-0.2, -0.15) is 0 Å². The Morgan fingerprint density at radius 2 is 1.96 bits per heavy atom. The van der Waals surface area contributed by atoms with Crippen LogP contribution in [-0.2, 0) is 9.53 Å². The van der Waals surface area contributed by atoms with Gasteiger partial charge < -0.3 is 9.64 Å². The van der Waals surface area contributed by atoms with Crippen LogP contribution in [0.3, 0.4) is 0 Å². The maximum Gasteiger partial charge on any atom is 0.289 e. The van der Waals surface area contributed by atoms with Gasteiger partial charge in [0.2, 0.25) is 5.91 Å². The van der Waals surface area contributed by atoms with Crippen LogP contribution in [0.15, 0.2) is 35.7 Å². The molecule has 1 aromatic carbocycles. The molecular weight excluding hydrogens is 352 g/mol. The van der Waals surface area contributed by atoms with Crippen molar-refractivity contribution in [2.45, 2.75) is 19.3 Å². The second-order valence-electron chi connectivity index (χ2n) is 5.93. The van der Waals surface area contributed by atoms with Crippen LogP contribution in [0.5, 0.6) is 0 Å². The maximum atomic E-state index is 12.4. The number of rotatable bonds is 5. The average Bonchev–Trinajstić information content (AvgIpc) is 3.18. The van der Waals surface area contributed by atoms with E-state index in [0.717, 1.165) is 23.8 Å². The first-order valence-electron chi connectivity index (χ1n) is 8.62. The van der Waals surface area contributed by atoms with Gasteiger partial charge in [0.25, 0.3) is 5.91 Å². The zero-order valence-corrected chi connectivity index (χ0v) is 15.4. The highest BCUT2D eigenvalue weighted by Gasteiger charge is 2.21. The third-order valence-corrected chi connectivity index (χ3v) is 5.13. The Balaban J connectivity index is 1.56. The van der Waals surface area contributed by atoms with E-state index in [0.29, 0.717) is 25.3 Å². The monoisotopic (exact) mass is 374 g/mol. The van der Waals surface area contributed by atoms with Gasteiger partial charge in [0.1, 0.15) is 5.69 Å². The lowest BCUT2D eigenvalue weighted by molar-refractivity contribution is -0.123. The highest BCUT2D eigenvalue weighted by atomic mass is 32.1. The molecule has 1 aliphatic heterocycles. The summed E-state index contributed by atoms with van der Waals surface area (Å²) in [6.45, 7) is 4.79. The molecule has 1 atom stereocenters. The molecule has 0 spiro atoms. The molecule has 0 saturated carbocycles. The van der Waals surface area contributed by atoms with E-state index >= 15 is 0 Å². The van der Waals surface area contributed by atoms with Gasteiger partial charge in [-0.05, 0) is 12.0 Å². The van der Waals surface area contributed by atoms with Crippen molar-refractivity contribution in [2.75, 3.05) is 31.2 Å². The van der Waals surface area contributed by atoms with Crippen LogP contribution in [0, 0.1) is 0 Å². The summed E-state index contributed by atoms with van der Waals surface area (Å²) in [5.41, 5.74) is 6.19. The fourth-order valence-electron chi connectivity index (χ4n) is 2.80. The summed E-state index contributed by atoms with van der Waals surface area (Å²) < 4.78 is 5.32. The molecular formula is C18H22N4O3S. The predicted molar refractivity (Wildman–Crippen MR) is 100 cm³/mol. The minimum absolute atomic E-state index is 0.240. The molecule has 0 radical (unpaired) electrons. The van der Waals surface area contributed by atoms with E-state index in [9.17, 15) is 9.59 Å². The number of morpholine rings is 1. The van der Waals surface area contributed by atoms with Crippen LogP contribution >= 0.6 is 11.3 Å². The van der Waals surface area contributed by atoms with Crippen molar-refractivity contribution in [1.29, 1.82) is 0 Å². The Hall–Kier alpha value is -2.45. The number of benzene rings is 1. The second kappa shape index (κ2) is 8.77. The molecule has 1 unspecified atom stereocenters. The number of anilines is 1. The van der Waals surface area contributed by atoms with E-state index in [1.807, 2.05) is 37.3 Å². The highest BCUT2D eigenvalue weighted by molar-refractivity contribution is 7.13. The summed E-state index contributed by atoms with van der Waals surface area (Å²) >= 11 is 1.41. The number of amides is 2. The Labute approximate surface area is 156 Å². The number of aromatic nitrogens is 1. The molecule has 0 bridgehead atoms. The first-order chi connectivity index (χ1) is 12.7. The average molecular weight is 374 g/mol. The molecule has 3 rings (SSSR count). The Bertz CT molecular complexity index is 744. The van der Waals surface area contributed by atoms with Gasteiger partial charge in [0.15, 0.2) is 5.13 Å². The molecule has 1 aliphatic rings. The number of nitrogens with one attached hydrogen (secondary N) is 2. The van der Waals surface area contributed by atoms with Gasteiger partial charge in [-0.15, -0.1) is 11.3 Å². The number of thiazole rings is 1. The lowest BCUT2D eigenvalue weighted by atomic mass is 9.96. The fraction of sp³-hybridized carbons (Fsp3) is 0.389. The van der Waals surface area contributed by atoms with Crippen LogP contribution in [0.2, 0.25) is 0 Å². The Morgan fingerprint density at radius 1 is 1.23 bits per heavy atom. The van der Waals surface area contributed by atoms with E-state index in [-0.39, 0.29) is 11.8 Å². The van der Waals surface area contributed by atoms with Crippen LogP contribution < -0.4 is 15.8 Å². The van der Waals surface area contributed by atoms with E-state index in [4.69, 9.17) is 4.74 Å². The van der Waals surface area contributed by atoms with Crippen molar-refractivity contribution in [3.8, 4) is 0 Å². The van der Waals surface area contributed by atoms with Crippen molar-refractivity contribution >= 4 is 28.3 Å². The molecule has 2 amide bonds. The lowest BCUT2D eigenvalue weighted by Crippen LogP contribution is -2.44. The number of ether oxygens (including phenoxy) is 1. The van der Waals surface area contributed by atoms with Crippen molar-refractivity contribution in [2.24, 2.45) is 0 Å². The van der Waals surface area contributed by atoms with Crippen LogP contribution in [0.1, 0.15) is 35.3 Å². The van der Waals surface area contributed by atoms with E-state index in [1.54, 1.807) is 5.38 Å². The molecule has 0 aliphatic carbocycles. The predicted octanol–water partition coefficient (Wildman–Crippen LogP) is 1.93. The quantitative estimate of drug-likeness (QED) is 0.782. The van der Waals surface area contributed by atoms with Gasteiger partial charge in [-0.1, -0.05) is 37.3 Å². The Morgan fingerprint density at radius 3 is 2.65 bits per heavy atom. The molecule has 26 heavy (non-hydrogen) atoms.